The molecular weight excluding hydrogens is 352 g/mol. The summed E-state index contributed by atoms with van der Waals surface area (Å²) in [7, 11) is 0. The molecule has 2 aliphatic carbocycles. The Labute approximate surface area is 164 Å². The number of hydrogen-bond acceptors (Lipinski definition) is 3. The van der Waals surface area contributed by atoms with Crippen molar-refractivity contribution in [2.45, 2.75) is 18.9 Å². The van der Waals surface area contributed by atoms with Crippen molar-refractivity contribution in [3.63, 3.8) is 0 Å². The van der Waals surface area contributed by atoms with Gasteiger partial charge in [-0.3, -0.25) is 4.98 Å². The third-order valence-electron chi connectivity index (χ3n) is 5.19. The summed E-state index contributed by atoms with van der Waals surface area (Å²) in [5, 5.41) is 16.8. The number of rotatable bonds is 4. The highest BCUT2D eigenvalue weighted by Gasteiger charge is 2.35. The highest BCUT2D eigenvalue weighted by atomic mass is 32.1. The van der Waals surface area contributed by atoms with Crippen LogP contribution in [-0.2, 0) is 0 Å². The van der Waals surface area contributed by atoms with Gasteiger partial charge in [-0.05, 0) is 78.4 Å². The smallest absolute Gasteiger partial charge is 0.171 e. The second-order valence-corrected chi connectivity index (χ2v) is 7.42. The fourth-order valence-electron chi connectivity index (χ4n) is 3.82. The number of nitrogens with one attached hydrogen (secondary N) is 2. The average molecular weight is 372 g/mol. The monoisotopic (exact) mass is 372 g/mol. The zero-order chi connectivity index (χ0) is 18.6. The van der Waals surface area contributed by atoms with Crippen LogP contribution in [0.4, 0.5) is 5.69 Å². The third-order valence-corrected chi connectivity index (χ3v) is 5.41. The molecule has 27 heavy (non-hydrogen) atoms. The molecule has 0 radical (unpaired) electrons. The summed E-state index contributed by atoms with van der Waals surface area (Å²) >= 11 is 5.47. The van der Waals surface area contributed by atoms with E-state index in [1.165, 1.54) is 6.42 Å². The first kappa shape index (κ1) is 17.4. The molecule has 0 spiro atoms. The van der Waals surface area contributed by atoms with E-state index < -0.39 is 0 Å². The molecule has 0 unspecified atom stereocenters. The maximum atomic E-state index is 9.48. The largest absolute Gasteiger partial charge is 0.359 e. The molecule has 2 bridgehead atoms. The molecule has 2 aromatic rings. The lowest BCUT2D eigenvalue weighted by Gasteiger charge is -2.22. The van der Waals surface area contributed by atoms with Gasteiger partial charge >= 0.3 is 0 Å². The maximum Gasteiger partial charge on any atom is 0.171 e. The Morgan fingerprint density at radius 2 is 1.89 bits per heavy atom. The van der Waals surface area contributed by atoms with Gasteiger partial charge in [0.05, 0.1) is 11.6 Å². The summed E-state index contributed by atoms with van der Waals surface area (Å²) in [6, 6.07) is 14.2. The van der Waals surface area contributed by atoms with E-state index >= 15 is 0 Å². The summed E-state index contributed by atoms with van der Waals surface area (Å²) < 4.78 is 0. The highest BCUT2D eigenvalue weighted by Crippen LogP contribution is 2.38. The Morgan fingerprint density at radius 3 is 2.52 bits per heavy atom. The minimum atomic E-state index is 0.438. The minimum Gasteiger partial charge on any atom is -0.359 e. The second-order valence-electron chi connectivity index (χ2n) is 7.01. The van der Waals surface area contributed by atoms with Gasteiger partial charge in [-0.25, -0.2) is 0 Å². The van der Waals surface area contributed by atoms with Gasteiger partial charge in [-0.15, -0.1) is 0 Å². The molecule has 3 atom stereocenters. The number of benzene rings is 1. The number of anilines is 1. The molecule has 5 heteroatoms. The van der Waals surface area contributed by atoms with Crippen molar-refractivity contribution in [1.82, 2.24) is 10.3 Å². The standard InChI is InChI=1S/C22H20N4S/c23-14-19(11-15-7-9-24-10-8-15)17-3-5-20(6-4-17)25-22(27)26-21-13-16-1-2-18(21)12-16/h1-11,16,18,21H,12-13H2,(H2,25,26,27)/b19-11+/t16-,18-,21+/m1/s1. The number of pyridine rings is 1. The lowest BCUT2D eigenvalue weighted by molar-refractivity contribution is 0.526. The number of aromatic nitrogens is 1. The van der Waals surface area contributed by atoms with Crippen LogP contribution in [-0.4, -0.2) is 16.1 Å². The Balaban J connectivity index is 1.40. The minimum absolute atomic E-state index is 0.438. The van der Waals surface area contributed by atoms with Crippen LogP contribution >= 0.6 is 12.2 Å². The van der Waals surface area contributed by atoms with E-state index in [-0.39, 0.29) is 0 Å². The van der Waals surface area contributed by atoms with Gasteiger partial charge in [0.2, 0.25) is 0 Å². The first-order valence-corrected chi connectivity index (χ1v) is 9.50. The van der Waals surface area contributed by atoms with Crippen LogP contribution in [0.15, 0.2) is 60.9 Å². The number of allylic oxidation sites excluding steroid dienone is 2. The predicted octanol–water partition coefficient (Wildman–Crippen LogP) is 4.40. The fourth-order valence-corrected chi connectivity index (χ4v) is 4.09. The zero-order valence-electron chi connectivity index (χ0n) is 14.8. The number of thiocarbonyl (C=S) groups is 1. The van der Waals surface area contributed by atoms with E-state index in [1.807, 2.05) is 42.5 Å². The first-order valence-electron chi connectivity index (χ1n) is 9.09. The zero-order valence-corrected chi connectivity index (χ0v) is 15.6. The molecule has 1 heterocycles. The molecule has 0 saturated heterocycles. The van der Waals surface area contributed by atoms with Gasteiger partial charge in [-0.2, -0.15) is 5.26 Å². The molecule has 0 amide bonds. The van der Waals surface area contributed by atoms with Crippen LogP contribution in [0.25, 0.3) is 11.6 Å². The topological polar surface area (TPSA) is 60.7 Å². The third kappa shape index (κ3) is 4.07. The summed E-state index contributed by atoms with van der Waals surface area (Å²) in [6.07, 6.45) is 12.3. The molecule has 2 aliphatic rings. The van der Waals surface area contributed by atoms with E-state index in [0.29, 0.717) is 28.6 Å². The van der Waals surface area contributed by atoms with Crippen LogP contribution in [0, 0.1) is 23.2 Å². The Hall–Kier alpha value is -2.97. The molecule has 4 nitrogen and oxygen atoms in total. The fraction of sp³-hybridized carbons (Fsp3) is 0.227. The van der Waals surface area contributed by atoms with E-state index in [4.69, 9.17) is 12.2 Å². The molecule has 2 N–H and O–H groups in total. The van der Waals surface area contributed by atoms with Gasteiger partial charge in [-0.1, -0.05) is 24.3 Å². The Bertz CT molecular complexity index is 925. The lowest BCUT2D eigenvalue weighted by atomic mass is 10.0. The number of fused-ring (bicyclic) bond motifs is 2. The van der Waals surface area contributed by atoms with E-state index in [1.54, 1.807) is 12.4 Å². The highest BCUT2D eigenvalue weighted by molar-refractivity contribution is 7.80. The molecule has 0 aliphatic heterocycles. The van der Waals surface area contributed by atoms with E-state index in [9.17, 15) is 5.26 Å². The number of nitriles is 1. The van der Waals surface area contributed by atoms with Crippen molar-refractivity contribution < 1.29 is 0 Å². The van der Waals surface area contributed by atoms with Crippen LogP contribution in [0.1, 0.15) is 24.0 Å². The normalized spacial score (nSPS) is 23.1. The molecular formula is C22H20N4S. The van der Waals surface area contributed by atoms with Gasteiger partial charge < -0.3 is 10.6 Å². The van der Waals surface area contributed by atoms with Gasteiger partial charge in [0.25, 0.3) is 0 Å². The summed E-state index contributed by atoms with van der Waals surface area (Å²) in [5.74, 6) is 1.32. The number of hydrogen-bond donors (Lipinski definition) is 2. The van der Waals surface area contributed by atoms with Crippen LogP contribution in [0.5, 0.6) is 0 Å². The number of nitrogens with zero attached hydrogens (tertiary/aromatic N) is 2. The van der Waals surface area contributed by atoms with Crippen molar-refractivity contribution in [3.8, 4) is 6.07 Å². The Morgan fingerprint density at radius 1 is 1.11 bits per heavy atom. The summed E-state index contributed by atoms with van der Waals surface area (Å²) in [6.45, 7) is 0. The molecule has 134 valence electrons. The summed E-state index contributed by atoms with van der Waals surface area (Å²) in [5.41, 5.74) is 3.35. The lowest BCUT2D eigenvalue weighted by Crippen LogP contribution is -2.40. The SMILES string of the molecule is N#C/C(=C\c1ccncc1)c1ccc(NC(=S)N[C@H]2C[C@@H]3C=C[C@@H]2C3)cc1. The van der Waals surface area contributed by atoms with E-state index in [2.05, 4.69) is 33.8 Å². The van der Waals surface area contributed by atoms with Gasteiger partial charge in [0, 0.05) is 24.1 Å². The quantitative estimate of drug-likeness (QED) is 0.473. The van der Waals surface area contributed by atoms with Crippen molar-refractivity contribution in [3.05, 3.63) is 72.1 Å². The van der Waals surface area contributed by atoms with Crippen LogP contribution in [0.3, 0.4) is 0 Å². The molecule has 1 aromatic carbocycles. The van der Waals surface area contributed by atoms with Crippen molar-refractivity contribution in [2.75, 3.05) is 5.32 Å². The van der Waals surface area contributed by atoms with Gasteiger partial charge in [0.15, 0.2) is 5.11 Å². The molecule has 4 rings (SSSR count). The maximum absolute atomic E-state index is 9.48. The molecule has 1 aromatic heterocycles. The van der Waals surface area contributed by atoms with Gasteiger partial charge in [0.1, 0.15) is 0 Å². The molecule has 1 saturated carbocycles. The van der Waals surface area contributed by atoms with Crippen molar-refractivity contribution in [1.29, 1.82) is 5.26 Å². The van der Waals surface area contributed by atoms with Crippen LogP contribution < -0.4 is 10.6 Å². The van der Waals surface area contributed by atoms with Crippen LogP contribution in [0.2, 0.25) is 0 Å². The first-order chi connectivity index (χ1) is 13.2. The summed E-state index contributed by atoms with van der Waals surface area (Å²) in [4.78, 5) is 4.00. The molecule has 1 fully saturated rings. The predicted molar refractivity (Wildman–Crippen MR) is 113 cm³/mol. The van der Waals surface area contributed by atoms with Crippen molar-refractivity contribution >= 4 is 34.7 Å². The van der Waals surface area contributed by atoms with E-state index in [0.717, 1.165) is 23.2 Å². The van der Waals surface area contributed by atoms with Crippen molar-refractivity contribution in [2.24, 2.45) is 11.8 Å². The Kier molecular flexibility index (Phi) is 4.99. The second kappa shape index (κ2) is 7.73. The average Bonchev–Trinajstić information content (AvgIpc) is 3.31.